The molecule has 0 fully saturated rings. The van der Waals surface area contributed by atoms with E-state index in [4.69, 9.17) is 4.84 Å². The number of carbonyl (C=O) groups is 1. The highest BCUT2D eigenvalue weighted by molar-refractivity contribution is 7.98. The molecule has 0 radical (unpaired) electrons. The van der Waals surface area contributed by atoms with E-state index in [0.29, 0.717) is 23.0 Å². The van der Waals surface area contributed by atoms with E-state index in [9.17, 15) is 9.90 Å². The van der Waals surface area contributed by atoms with Gasteiger partial charge in [-0.05, 0) is 19.2 Å². The number of nitrogens with zero attached hydrogens (tertiary/aromatic N) is 3. The Hall–Kier alpha value is -2.54. The van der Waals surface area contributed by atoms with Crippen LogP contribution in [0.4, 0.5) is 0 Å². The summed E-state index contributed by atoms with van der Waals surface area (Å²) in [4.78, 5) is 25.6. The molecule has 1 aromatic carbocycles. The second-order valence-electron chi connectivity index (χ2n) is 4.73. The highest BCUT2D eigenvalue weighted by atomic mass is 32.2. The van der Waals surface area contributed by atoms with Crippen LogP contribution in [0, 0.1) is 0 Å². The van der Waals surface area contributed by atoms with Crippen LogP contribution in [0.2, 0.25) is 0 Å². The van der Waals surface area contributed by atoms with E-state index in [1.807, 2.05) is 37.4 Å². The molecular weight excluding hydrogens is 314 g/mol. The van der Waals surface area contributed by atoms with Gasteiger partial charge in [-0.15, -0.1) is 0 Å². The highest BCUT2D eigenvalue weighted by Gasteiger charge is 2.20. The van der Waals surface area contributed by atoms with Gasteiger partial charge >= 0.3 is 5.97 Å². The number of fused-ring (bicyclic) bond motifs is 1. The number of aromatic carboxylic acids is 1. The third-order valence-electron chi connectivity index (χ3n) is 3.38. The first kappa shape index (κ1) is 15.4. The van der Waals surface area contributed by atoms with Crippen molar-refractivity contribution in [3.8, 4) is 11.3 Å². The fourth-order valence-electron chi connectivity index (χ4n) is 2.41. The van der Waals surface area contributed by atoms with Gasteiger partial charge < -0.3 is 9.94 Å². The zero-order valence-electron chi connectivity index (χ0n) is 12.7. The smallest absolute Gasteiger partial charge is 0.339 e. The number of rotatable bonds is 5. The molecular formula is C16H15N3O3S. The summed E-state index contributed by atoms with van der Waals surface area (Å²) < 4.78 is 1.65. The van der Waals surface area contributed by atoms with Crippen molar-refractivity contribution in [1.82, 2.24) is 14.7 Å². The largest absolute Gasteiger partial charge is 0.478 e. The summed E-state index contributed by atoms with van der Waals surface area (Å²) in [7, 11) is 0. The van der Waals surface area contributed by atoms with Crippen LogP contribution in [0.1, 0.15) is 17.3 Å². The molecule has 0 aliphatic rings. The number of para-hydroxylation sites is 1. The molecule has 0 atom stereocenters. The minimum absolute atomic E-state index is 0.0715. The number of aromatic nitrogens is 3. The van der Waals surface area contributed by atoms with Crippen molar-refractivity contribution >= 4 is 28.6 Å². The third kappa shape index (κ3) is 2.75. The molecule has 0 unspecified atom stereocenters. The van der Waals surface area contributed by atoms with Crippen LogP contribution in [0.3, 0.4) is 0 Å². The van der Waals surface area contributed by atoms with Crippen LogP contribution < -0.4 is 4.84 Å². The second kappa shape index (κ2) is 6.29. The lowest BCUT2D eigenvalue weighted by Crippen LogP contribution is -2.08. The summed E-state index contributed by atoms with van der Waals surface area (Å²) >= 11 is 1.37. The Morgan fingerprint density at radius 2 is 2.17 bits per heavy atom. The molecule has 0 spiro atoms. The van der Waals surface area contributed by atoms with Crippen LogP contribution in [-0.4, -0.2) is 38.6 Å². The second-order valence-corrected chi connectivity index (χ2v) is 5.50. The number of benzene rings is 1. The number of hydrogen-bond donors (Lipinski definition) is 1. The summed E-state index contributed by atoms with van der Waals surface area (Å²) in [5.41, 5.74) is 2.04. The Bertz CT molecular complexity index is 876. The standard InChI is InChI=1S/C16H15N3O3S/c1-3-22-19-9-12(10-6-4-5-7-13(10)19)14-11(15(20)21)8-17-16(18-14)23-2/h4-9H,3H2,1-2H3,(H,20,21). The highest BCUT2D eigenvalue weighted by Crippen LogP contribution is 2.31. The Morgan fingerprint density at radius 3 is 2.87 bits per heavy atom. The van der Waals surface area contributed by atoms with E-state index < -0.39 is 5.97 Å². The predicted molar refractivity (Wildman–Crippen MR) is 88.8 cm³/mol. The van der Waals surface area contributed by atoms with Gasteiger partial charge in [-0.1, -0.05) is 30.0 Å². The maximum atomic E-state index is 11.5. The van der Waals surface area contributed by atoms with Gasteiger partial charge in [0.25, 0.3) is 0 Å². The molecule has 0 amide bonds. The van der Waals surface area contributed by atoms with Crippen LogP contribution >= 0.6 is 11.8 Å². The van der Waals surface area contributed by atoms with Gasteiger partial charge in [-0.25, -0.2) is 14.8 Å². The van der Waals surface area contributed by atoms with E-state index in [1.165, 1.54) is 18.0 Å². The maximum Gasteiger partial charge on any atom is 0.339 e. The molecule has 23 heavy (non-hydrogen) atoms. The van der Waals surface area contributed by atoms with Crippen LogP contribution in [0.15, 0.2) is 41.8 Å². The van der Waals surface area contributed by atoms with E-state index in [0.717, 1.165) is 10.9 Å². The lowest BCUT2D eigenvalue weighted by Gasteiger charge is -2.05. The molecule has 0 saturated carbocycles. The first-order valence-corrected chi connectivity index (χ1v) is 8.26. The number of carboxylic acids is 1. The normalized spacial score (nSPS) is 10.9. The summed E-state index contributed by atoms with van der Waals surface area (Å²) in [6.07, 6.45) is 4.97. The van der Waals surface area contributed by atoms with Crippen LogP contribution in [0.25, 0.3) is 22.2 Å². The lowest BCUT2D eigenvalue weighted by atomic mass is 10.1. The Morgan fingerprint density at radius 1 is 1.39 bits per heavy atom. The zero-order valence-corrected chi connectivity index (χ0v) is 13.5. The van der Waals surface area contributed by atoms with Crippen molar-refractivity contribution in [2.24, 2.45) is 0 Å². The minimum Gasteiger partial charge on any atom is -0.478 e. The Balaban J connectivity index is 2.30. The van der Waals surface area contributed by atoms with Crippen molar-refractivity contribution in [3.05, 3.63) is 42.2 Å². The molecule has 7 heteroatoms. The molecule has 1 N–H and O–H groups in total. The number of thioether (sulfide) groups is 1. The van der Waals surface area contributed by atoms with Crippen molar-refractivity contribution in [2.75, 3.05) is 12.9 Å². The predicted octanol–water partition coefficient (Wildman–Crippen LogP) is 2.97. The van der Waals surface area contributed by atoms with E-state index in [2.05, 4.69) is 9.97 Å². The van der Waals surface area contributed by atoms with Gasteiger partial charge in [-0.2, -0.15) is 4.73 Å². The lowest BCUT2D eigenvalue weighted by molar-refractivity contribution is 0.0696. The molecule has 3 rings (SSSR count). The van der Waals surface area contributed by atoms with E-state index >= 15 is 0 Å². The van der Waals surface area contributed by atoms with Crippen LogP contribution in [-0.2, 0) is 0 Å². The summed E-state index contributed by atoms with van der Waals surface area (Å²) in [6, 6.07) is 7.66. The Kier molecular flexibility index (Phi) is 4.20. The zero-order chi connectivity index (χ0) is 16.4. The Labute approximate surface area is 137 Å². The summed E-state index contributed by atoms with van der Waals surface area (Å²) in [5.74, 6) is -1.05. The summed E-state index contributed by atoms with van der Waals surface area (Å²) in [5, 5.41) is 10.9. The van der Waals surface area contributed by atoms with Crippen molar-refractivity contribution in [2.45, 2.75) is 12.1 Å². The molecule has 0 saturated heterocycles. The molecule has 118 valence electrons. The fourth-order valence-corrected chi connectivity index (χ4v) is 2.75. The number of carboxylic acid groups (broad SMARTS) is 1. The molecule has 0 aliphatic carbocycles. The molecule has 2 aromatic heterocycles. The maximum absolute atomic E-state index is 11.5. The van der Waals surface area contributed by atoms with Crippen molar-refractivity contribution in [3.63, 3.8) is 0 Å². The van der Waals surface area contributed by atoms with Gasteiger partial charge in [0.2, 0.25) is 0 Å². The molecule has 2 heterocycles. The average Bonchev–Trinajstić information content (AvgIpc) is 2.93. The SMILES string of the molecule is CCOn1cc(-c2nc(SC)ncc2C(=O)O)c2ccccc21. The van der Waals surface area contributed by atoms with Gasteiger partial charge in [0.15, 0.2) is 5.16 Å². The van der Waals surface area contributed by atoms with Gasteiger partial charge in [0, 0.05) is 17.1 Å². The van der Waals surface area contributed by atoms with Gasteiger partial charge in [0.05, 0.1) is 17.4 Å². The van der Waals surface area contributed by atoms with Crippen LogP contribution in [0.5, 0.6) is 0 Å². The average molecular weight is 329 g/mol. The van der Waals surface area contributed by atoms with Crippen molar-refractivity contribution < 1.29 is 14.7 Å². The topological polar surface area (TPSA) is 77.2 Å². The first-order chi connectivity index (χ1) is 11.2. The fraction of sp³-hybridized carbons (Fsp3) is 0.188. The van der Waals surface area contributed by atoms with Crippen molar-refractivity contribution in [1.29, 1.82) is 0 Å². The van der Waals surface area contributed by atoms with E-state index in [1.54, 1.807) is 10.9 Å². The monoisotopic (exact) mass is 329 g/mol. The summed E-state index contributed by atoms with van der Waals surface area (Å²) in [6.45, 7) is 2.40. The molecule has 0 bridgehead atoms. The molecule has 0 aliphatic heterocycles. The molecule has 6 nitrogen and oxygen atoms in total. The van der Waals surface area contributed by atoms with Gasteiger partial charge in [0.1, 0.15) is 12.2 Å². The number of hydrogen-bond acceptors (Lipinski definition) is 5. The van der Waals surface area contributed by atoms with E-state index in [-0.39, 0.29) is 5.56 Å². The third-order valence-corrected chi connectivity index (χ3v) is 3.94. The quantitative estimate of drug-likeness (QED) is 0.573. The molecule has 3 aromatic rings. The van der Waals surface area contributed by atoms with Gasteiger partial charge in [-0.3, -0.25) is 0 Å². The first-order valence-electron chi connectivity index (χ1n) is 7.03. The minimum atomic E-state index is -1.05.